The second-order valence-corrected chi connectivity index (χ2v) is 10.4. The van der Waals surface area contributed by atoms with E-state index in [1.54, 1.807) is 23.5 Å². The van der Waals surface area contributed by atoms with Crippen LogP contribution in [-0.2, 0) is 16.4 Å². The number of ether oxygens (including phenoxy) is 2. The van der Waals surface area contributed by atoms with Crippen LogP contribution in [0.4, 0.5) is 5.13 Å². The van der Waals surface area contributed by atoms with Crippen LogP contribution in [-0.4, -0.2) is 58.1 Å². The molecule has 7 nitrogen and oxygen atoms in total. The molecule has 1 fully saturated rings. The van der Waals surface area contributed by atoms with Gasteiger partial charge in [-0.25, -0.2) is 13.4 Å². The third kappa shape index (κ3) is 4.60. The number of thiazole rings is 1. The zero-order chi connectivity index (χ0) is 22.7. The molecule has 0 bridgehead atoms. The van der Waals surface area contributed by atoms with Crippen LogP contribution in [0.25, 0.3) is 0 Å². The number of sulfonamides is 1. The lowest BCUT2D eigenvalue weighted by Crippen LogP contribution is -2.48. The highest BCUT2D eigenvalue weighted by molar-refractivity contribution is 7.89. The molecule has 3 aromatic rings. The van der Waals surface area contributed by atoms with Gasteiger partial charge in [-0.3, -0.25) is 0 Å². The van der Waals surface area contributed by atoms with E-state index < -0.39 is 10.0 Å². The number of benzene rings is 2. The Morgan fingerprint density at radius 3 is 2.41 bits per heavy atom. The van der Waals surface area contributed by atoms with E-state index in [1.807, 2.05) is 12.1 Å². The number of hydrogen-bond acceptors (Lipinski definition) is 7. The van der Waals surface area contributed by atoms with E-state index in [-0.39, 0.29) is 4.90 Å². The average molecular weight is 474 g/mol. The van der Waals surface area contributed by atoms with E-state index in [0.717, 1.165) is 17.2 Å². The number of nitrogens with zero attached hydrogens (tertiary/aromatic N) is 3. The second-order valence-electron chi connectivity index (χ2n) is 7.63. The van der Waals surface area contributed by atoms with E-state index in [9.17, 15) is 8.42 Å². The van der Waals surface area contributed by atoms with Crippen LogP contribution < -0.4 is 14.4 Å². The molecule has 0 atom stereocenters. The molecule has 0 saturated carbocycles. The number of piperazine rings is 1. The summed E-state index contributed by atoms with van der Waals surface area (Å²) in [4.78, 5) is 7.17. The van der Waals surface area contributed by atoms with Crippen LogP contribution in [0.1, 0.15) is 16.8 Å². The van der Waals surface area contributed by atoms with Crippen molar-refractivity contribution < 1.29 is 17.9 Å². The summed E-state index contributed by atoms with van der Waals surface area (Å²) in [5.74, 6) is 0.901. The lowest BCUT2D eigenvalue weighted by Gasteiger charge is -2.33. The monoisotopic (exact) mass is 473 g/mol. The number of aromatic nitrogens is 1. The summed E-state index contributed by atoms with van der Waals surface area (Å²) in [6, 6.07) is 13.0. The predicted octanol–water partition coefficient (Wildman–Crippen LogP) is 3.57. The van der Waals surface area contributed by atoms with Crippen molar-refractivity contribution in [1.29, 1.82) is 0 Å². The Balaban J connectivity index is 1.42. The molecule has 1 aromatic heterocycles. The summed E-state index contributed by atoms with van der Waals surface area (Å²) in [6.45, 7) is 4.13. The lowest BCUT2D eigenvalue weighted by atomic mass is 10.1. The Morgan fingerprint density at radius 1 is 1.00 bits per heavy atom. The summed E-state index contributed by atoms with van der Waals surface area (Å²) in [5.41, 5.74) is 3.57. The van der Waals surface area contributed by atoms with Gasteiger partial charge in [-0.15, -0.1) is 11.3 Å². The molecule has 0 aliphatic carbocycles. The Kier molecular flexibility index (Phi) is 6.68. The van der Waals surface area contributed by atoms with E-state index in [0.29, 0.717) is 37.7 Å². The summed E-state index contributed by atoms with van der Waals surface area (Å²) in [6.07, 6.45) is 0.802. The van der Waals surface area contributed by atoms with Crippen LogP contribution in [0.15, 0.2) is 52.7 Å². The van der Waals surface area contributed by atoms with E-state index in [2.05, 4.69) is 29.3 Å². The molecule has 1 aliphatic rings. The molecule has 0 spiro atoms. The standard InChI is InChI=1S/C23H27N3O4S2/c1-17-6-4-5-7-18(17)14-19-16-31-23(24-19)25-10-12-26(13-11-25)32(27,28)20-8-9-21(29-2)22(15-20)30-3/h4-9,15-16H,10-14H2,1-3H3. The summed E-state index contributed by atoms with van der Waals surface area (Å²) < 4.78 is 38.3. The smallest absolute Gasteiger partial charge is 0.243 e. The van der Waals surface area contributed by atoms with Crippen LogP contribution in [0, 0.1) is 6.92 Å². The summed E-state index contributed by atoms with van der Waals surface area (Å²) in [7, 11) is -0.593. The number of hydrogen-bond donors (Lipinski definition) is 0. The molecule has 0 unspecified atom stereocenters. The van der Waals surface area contributed by atoms with Gasteiger partial charge in [0.05, 0.1) is 24.8 Å². The normalized spacial score (nSPS) is 15.0. The maximum atomic E-state index is 13.1. The van der Waals surface area contributed by atoms with Crippen molar-refractivity contribution in [1.82, 2.24) is 9.29 Å². The van der Waals surface area contributed by atoms with E-state index in [4.69, 9.17) is 14.5 Å². The van der Waals surface area contributed by atoms with Gasteiger partial charge in [0.25, 0.3) is 0 Å². The fourth-order valence-corrected chi connectivity index (χ4v) is 6.09. The quantitative estimate of drug-likeness (QED) is 0.522. The Hall–Kier alpha value is -2.62. The molecular weight excluding hydrogens is 446 g/mol. The van der Waals surface area contributed by atoms with Crippen molar-refractivity contribution in [3.63, 3.8) is 0 Å². The zero-order valence-corrected chi connectivity index (χ0v) is 20.1. The molecule has 1 saturated heterocycles. The van der Waals surface area contributed by atoms with E-state index in [1.165, 1.54) is 35.7 Å². The highest BCUT2D eigenvalue weighted by Gasteiger charge is 2.30. The maximum Gasteiger partial charge on any atom is 0.243 e. The van der Waals surface area contributed by atoms with Crippen molar-refractivity contribution in [2.45, 2.75) is 18.2 Å². The zero-order valence-electron chi connectivity index (χ0n) is 18.4. The molecule has 2 aromatic carbocycles. The minimum Gasteiger partial charge on any atom is -0.493 e. The van der Waals surface area contributed by atoms with Crippen molar-refractivity contribution in [3.05, 3.63) is 64.7 Å². The average Bonchev–Trinajstić information content (AvgIpc) is 3.28. The first-order valence-electron chi connectivity index (χ1n) is 10.4. The molecule has 32 heavy (non-hydrogen) atoms. The van der Waals surface area contributed by atoms with Crippen LogP contribution in [0.5, 0.6) is 11.5 Å². The fourth-order valence-electron chi connectivity index (χ4n) is 3.77. The van der Waals surface area contributed by atoms with Gasteiger partial charge in [-0.2, -0.15) is 4.31 Å². The molecule has 2 heterocycles. The fraction of sp³-hybridized carbons (Fsp3) is 0.348. The van der Waals surface area contributed by atoms with Crippen LogP contribution >= 0.6 is 11.3 Å². The van der Waals surface area contributed by atoms with Crippen molar-refractivity contribution in [2.75, 3.05) is 45.3 Å². The Labute approximate surface area is 193 Å². The van der Waals surface area contributed by atoms with Gasteiger partial charge in [-0.1, -0.05) is 24.3 Å². The Morgan fingerprint density at radius 2 is 1.72 bits per heavy atom. The highest BCUT2D eigenvalue weighted by atomic mass is 32.2. The van der Waals surface area contributed by atoms with Crippen LogP contribution in [0.2, 0.25) is 0 Å². The second kappa shape index (κ2) is 9.48. The van der Waals surface area contributed by atoms with Gasteiger partial charge in [0.1, 0.15) is 0 Å². The van der Waals surface area contributed by atoms with Gasteiger partial charge in [0, 0.05) is 44.0 Å². The molecule has 4 rings (SSSR count). The first-order chi connectivity index (χ1) is 15.4. The molecular formula is C23H27N3O4S2. The number of methoxy groups -OCH3 is 2. The van der Waals surface area contributed by atoms with Crippen molar-refractivity contribution in [2.24, 2.45) is 0 Å². The van der Waals surface area contributed by atoms with Gasteiger partial charge < -0.3 is 14.4 Å². The molecule has 0 radical (unpaired) electrons. The SMILES string of the molecule is COc1ccc(S(=O)(=O)N2CCN(c3nc(Cc4ccccc4C)cs3)CC2)cc1OC. The lowest BCUT2D eigenvalue weighted by molar-refractivity contribution is 0.353. The molecule has 9 heteroatoms. The third-order valence-corrected chi connectivity index (χ3v) is 8.52. The van der Waals surface area contributed by atoms with Gasteiger partial charge in [0.15, 0.2) is 16.6 Å². The van der Waals surface area contributed by atoms with Crippen molar-refractivity contribution in [3.8, 4) is 11.5 Å². The third-order valence-electron chi connectivity index (χ3n) is 5.67. The maximum absolute atomic E-state index is 13.1. The predicted molar refractivity (Wildman–Crippen MR) is 127 cm³/mol. The number of anilines is 1. The number of aryl methyl sites for hydroxylation is 1. The summed E-state index contributed by atoms with van der Waals surface area (Å²) in [5, 5.41) is 3.03. The minimum absolute atomic E-state index is 0.207. The topological polar surface area (TPSA) is 72.0 Å². The van der Waals surface area contributed by atoms with Crippen molar-refractivity contribution >= 4 is 26.5 Å². The Bertz CT molecular complexity index is 1190. The largest absolute Gasteiger partial charge is 0.493 e. The molecule has 170 valence electrons. The van der Waals surface area contributed by atoms with Gasteiger partial charge >= 0.3 is 0 Å². The van der Waals surface area contributed by atoms with Gasteiger partial charge in [-0.05, 0) is 30.2 Å². The van der Waals surface area contributed by atoms with E-state index >= 15 is 0 Å². The van der Waals surface area contributed by atoms with Gasteiger partial charge in [0.2, 0.25) is 10.0 Å². The molecule has 1 aliphatic heterocycles. The highest BCUT2D eigenvalue weighted by Crippen LogP contribution is 2.31. The van der Waals surface area contributed by atoms with Crippen LogP contribution in [0.3, 0.4) is 0 Å². The first-order valence-corrected chi connectivity index (χ1v) is 12.7. The molecule has 0 N–H and O–H groups in total. The number of rotatable bonds is 7. The minimum atomic E-state index is -3.61. The first kappa shape index (κ1) is 22.6. The summed E-state index contributed by atoms with van der Waals surface area (Å²) >= 11 is 1.61. The molecule has 0 amide bonds.